The van der Waals surface area contributed by atoms with Gasteiger partial charge < -0.3 is 19.8 Å². The number of primary amides is 1. The van der Waals surface area contributed by atoms with E-state index in [1.54, 1.807) is 6.26 Å². The summed E-state index contributed by atoms with van der Waals surface area (Å²) in [5, 5.41) is 0.867. The molecule has 0 aliphatic carbocycles. The first-order valence-corrected chi connectivity index (χ1v) is 9.08. The minimum Gasteiger partial charge on any atom is -0.464 e. The Balaban J connectivity index is 1.60. The van der Waals surface area contributed by atoms with Gasteiger partial charge in [0.25, 0.3) is 5.91 Å². The summed E-state index contributed by atoms with van der Waals surface area (Å²) < 4.78 is 10.7. The highest BCUT2D eigenvalue weighted by molar-refractivity contribution is 5.89. The monoisotopic (exact) mass is 372 g/mol. The molecule has 7 heteroatoms. The molecule has 7 nitrogen and oxygen atoms in total. The quantitative estimate of drug-likeness (QED) is 0.809. The smallest absolute Gasteiger partial charge is 0.310 e. The molecule has 0 unspecified atom stereocenters. The molecule has 1 aliphatic rings. The minimum atomic E-state index is -0.617. The fourth-order valence-corrected chi connectivity index (χ4v) is 3.43. The molecule has 2 N–H and O–H groups in total. The number of nitrogens with two attached hydrogens (primary N) is 1. The molecule has 27 heavy (non-hydrogen) atoms. The van der Waals surface area contributed by atoms with Gasteiger partial charge in [-0.2, -0.15) is 0 Å². The molecule has 1 aromatic heterocycles. The number of aryl methyl sites for hydroxylation is 2. The van der Waals surface area contributed by atoms with E-state index >= 15 is 0 Å². The molecule has 0 bridgehead atoms. The van der Waals surface area contributed by atoms with Gasteiger partial charge in [-0.3, -0.25) is 14.4 Å². The second-order valence-electron chi connectivity index (χ2n) is 7.03. The number of carbonyl (C=O) groups is 3. The van der Waals surface area contributed by atoms with Crippen molar-refractivity contribution in [3.63, 3.8) is 0 Å². The standard InChI is InChI=1S/C20H24N2O5/c1-12-7-15-14(10-26-17(15)8-13(12)2)9-19(24)27-11-18(23)22-6-4-3-5-16(22)20(21)25/h7-8,10,16H,3-6,9,11H2,1-2H3,(H2,21,25)/t16-/m0/s1. The number of likely N-dealkylation sites (tertiary alicyclic amines) is 1. The third-order valence-corrected chi connectivity index (χ3v) is 5.11. The van der Waals surface area contributed by atoms with Crippen molar-refractivity contribution in [2.45, 2.75) is 45.6 Å². The van der Waals surface area contributed by atoms with E-state index in [0.717, 1.165) is 40.5 Å². The van der Waals surface area contributed by atoms with Crippen molar-refractivity contribution < 1.29 is 23.5 Å². The fraction of sp³-hybridized carbons (Fsp3) is 0.450. The van der Waals surface area contributed by atoms with E-state index in [9.17, 15) is 14.4 Å². The van der Waals surface area contributed by atoms with Gasteiger partial charge in [0.15, 0.2) is 6.61 Å². The molecule has 144 valence electrons. The number of hydrogen-bond acceptors (Lipinski definition) is 5. The lowest BCUT2D eigenvalue weighted by molar-refractivity contribution is -0.154. The number of carbonyl (C=O) groups excluding carboxylic acids is 3. The van der Waals surface area contributed by atoms with Gasteiger partial charge in [-0.15, -0.1) is 0 Å². The predicted octanol–water partition coefficient (Wildman–Crippen LogP) is 2.00. The number of hydrogen-bond donors (Lipinski definition) is 1. The van der Waals surface area contributed by atoms with Crippen LogP contribution in [0.15, 0.2) is 22.8 Å². The number of nitrogens with zero attached hydrogens (tertiary/aromatic N) is 1. The number of rotatable bonds is 5. The Hall–Kier alpha value is -2.83. The molecule has 2 amide bonds. The summed E-state index contributed by atoms with van der Waals surface area (Å²) in [7, 11) is 0. The maximum absolute atomic E-state index is 12.3. The van der Waals surface area contributed by atoms with Crippen LogP contribution in [-0.2, 0) is 25.5 Å². The van der Waals surface area contributed by atoms with Crippen molar-refractivity contribution in [1.82, 2.24) is 4.90 Å². The van der Waals surface area contributed by atoms with Crippen LogP contribution in [0.5, 0.6) is 0 Å². The maximum Gasteiger partial charge on any atom is 0.310 e. The van der Waals surface area contributed by atoms with Crippen molar-refractivity contribution in [2.24, 2.45) is 5.73 Å². The van der Waals surface area contributed by atoms with Gasteiger partial charge in [0, 0.05) is 17.5 Å². The van der Waals surface area contributed by atoms with E-state index in [0.29, 0.717) is 13.0 Å². The second kappa shape index (κ2) is 7.82. The van der Waals surface area contributed by atoms with Crippen LogP contribution in [-0.4, -0.2) is 41.9 Å². The van der Waals surface area contributed by atoms with Gasteiger partial charge in [0.2, 0.25) is 5.91 Å². The second-order valence-corrected chi connectivity index (χ2v) is 7.03. The Labute approximate surface area is 157 Å². The summed E-state index contributed by atoms with van der Waals surface area (Å²) in [5.74, 6) is -1.43. The Morgan fingerprint density at radius 2 is 1.96 bits per heavy atom. The molecular weight excluding hydrogens is 348 g/mol. The highest BCUT2D eigenvalue weighted by Gasteiger charge is 2.31. The van der Waals surface area contributed by atoms with E-state index in [-0.39, 0.29) is 6.42 Å². The molecule has 0 spiro atoms. The molecule has 3 rings (SSSR count). The normalized spacial score (nSPS) is 17.1. The molecule has 1 atom stereocenters. The third-order valence-electron chi connectivity index (χ3n) is 5.11. The van der Waals surface area contributed by atoms with E-state index in [4.69, 9.17) is 14.9 Å². The predicted molar refractivity (Wildman–Crippen MR) is 98.9 cm³/mol. The van der Waals surface area contributed by atoms with Crippen LogP contribution >= 0.6 is 0 Å². The van der Waals surface area contributed by atoms with Crippen LogP contribution < -0.4 is 5.73 Å². The van der Waals surface area contributed by atoms with Crippen LogP contribution in [0.1, 0.15) is 36.0 Å². The fourth-order valence-electron chi connectivity index (χ4n) is 3.43. The molecule has 1 aromatic carbocycles. The first-order valence-electron chi connectivity index (χ1n) is 9.08. The molecule has 2 heterocycles. The van der Waals surface area contributed by atoms with Crippen LogP contribution in [0.4, 0.5) is 0 Å². The lowest BCUT2D eigenvalue weighted by atomic mass is 10.0. The number of piperidine rings is 1. The van der Waals surface area contributed by atoms with Crippen LogP contribution in [0.2, 0.25) is 0 Å². The summed E-state index contributed by atoms with van der Waals surface area (Å²) in [6.45, 7) is 4.05. The number of benzene rings is 1. The Morgan fingerprint density at radius 1 is 1.22 bits per heavy atom. The largest absolute Gasteiger partial charge is 0.464 e. The Bertz CT molecular complexity index is 886. The number of amides is 2. The van der Waals surface area contributed by atoms with E-state index in [1.165, 1.54) is 4.90 Å². The highest BCUT2D eigenvalue weighted by atomic mass is 16.5. The zero-order chi connectivity index (χ0) is 19.6. The summed E-state index contributed by atoms with van der Waals surface area (Å²) in [5.41, 5.74) is 9.03. The van der Waals surface area contributed by atoms with Crippen molar-refractivity contribution in [3.05, 3.63) is 35.1 Å². The van der Waals surface area contributed by atoms with Gasteiger partial charge in [-0.1, -0.05) is 0 Å². The van der Waals surface area contributed by atoms with E-state index in [2.05, 4.69) is 0 Å². The Kier molecular flexibility index (Phi) is 5.48. The topological polar surface area (TPSA) is 103 Å². The number of furan rings is 1. The molecule has 0 radical (unpaired) electrons. The van der Waals surface area contributed by atoms with Gasteiger partial charge in [-0.05, 0) is 56.4 Å². The SMILES string of the molecule is Cc1cc2occ(CC(=O)OCC(=O)N3CCCC[C@H]3C(N)=O)c2cc1C. The molecule has 1 saturated heterocycles. The Morgan fingerprint density at radius 3 is 2.70 bits per heavy atom. The van der Waals surface area contributed by atoms with Crippen LogP contribution in [0.3, 0.4) is 0 Å². The van der Waals surface area contributed by atoms with Crippen molar-refractivity contribution in [2.75, 3.05) is 13.2 Å². The van der Waals surface area contributed by atoms with Crippen LogP contribution in [0.25, 0.3) is 11.0 Å². The number of ether oxygens (including phenoxy) is 1. The lowest BCUT2D eigenvalue weighted by Gasteiger charge is -2.33. The van der Waals surface area contributed by atoms with Gasteiger partial charge >= 0.3 is 5.97 Å². The molecule has 1 aliphatic heterocycles. The molecule has 0 saturated carbocycles. The van der Waals surface area contributed by atoms with Crippen molar-refractivity contribution in [1.29, 1.82) is 0 Å². The number of fused-ring (bicyclic) bond motifs is 1. The van der Waals surface area contributed by atoms with Gasteiger partial charge in [0.1, 0.15) is 11.6 Å². The molecular formula is C20H24N2O5. The zero-order valence-electron chi connectivity index (χ0n) is 15.6. The highest BCUT2D eigenvalue weighted by Crippen LogP contribution is 2.25. The van der Waals surface area contributed by atoms with Crippen LogP contribution in [0, 0.1) is 13.8 Å². The zero-order valence-corrected chi connectivity index (χ0v) is 15.6. The number of esters is 1. The summed E-state index contributed by atoms with van der Waals surface area (Å²) in [6.07, 6.45) is 3.77. The average molecular weight is 372 g/mol. The summed E-state index contributed by atoms with van der Waals surface area (Å²) >= 11 is 0. The van der Waals surface area contributed by atoms with E-state index < -0.39 is 30.4 Å². The maximum atomic E-state index is 12.3. The van der Waals surface area contributed by atoms with Crippen molar-refractivity contribution >= 4 is 28.8 Å². The summed E-state index contributed by atoms with van der Waals surface area (Å²) in [4.78, 5) is 37.4. The van der Waals surface area contributed by atoms with Crippen molar-refractivity contribution in [3.8, 4) is 0 Å². The lowest BCUT2D eigenvalue weighted by Crippen LogP contribution is -2.51. The third kappa shape index (κ3) is 4.13. The van der Waals surface area contributed by atoms with E-state index in [1.807, 2.05) is 26.0 Å². The first kappa shape index (κ1) is 18.9. The minimum absolute atomic E-state index is 0.0159. The van der Waals surface area contributed by atoms with Gasteiger partial charge in [0.05, 0.1) is 12.7 Å². The summed E-state index contributed by atoms with van der Waals surface area (Å²) in [6, 6.07) is 3.30. The molecule has 1 fully saturated rings. The molecule has 2 aromatic rings. The average Bonchev–Trinajstić information content (AvgIpc) is 3.01. The first-order chi connectivity index (χ1) is 12.9. The van der Waals surface area contributed by atoms with Gasteiger partial charge in [-0.25, -0.2) is 0 Å².